The molecule has 2 nitrogen and oxygen atoms in total. The Morgan fingerprint density at radius 2 is 2.06 bits per heavy atom. The summed E-state index contributed by atoms with van der Waals surface area (Å²) in [6.07, 6.45) is 0. The van der Waals surface area contributed by atoms with Gasteiger partial charge in [0, 0.05) is 29.8 Å². The van der Waals surface area contributed by atoms with Gasteiger partial charge in [-0.15, -0.1) is 0 Å². The summed E-state index contributed by atoms with van der Waals surface area (Å²) in [5.41, 5.74) is 2.65. The molecule has 0 heterocycles. The Morgan fingerprint density at radius 1 is 1.38 bits per heavy atom. The van der Waals surface area contributed by atoms with E-state index in [1.165, 1.54) is 11.3 Å². The molecule has 0 aliphatic rings. The topological polar surface area (TPSA) is 15.3 Å². The average molecular weight is 285 g/mol. The number of hydrogen-bond acceptors (Lipinski definition) is 2. The first-order chi connectivity index (χ1) is 7.60. The molecule has 1 rings (SSSR count). The fraction of sp³-hybridized carbons (Fsp3) is 0.538. The molecule has 0 amide bonds. The Bertz CT molecular complexity index is 339. The average Bonchev–Trinajstić information content (AvgIpc) is 2.28. The van der Waals surface area contributed by atoms with Crippen LogP contribution in [0.25, 0.3) is 0 Å². The van der Waals surface area contributed by atoms with Crippen LogP contribution in [0.3, 0.4) is 0 Å². The second-order valence-electron chi connectivity index (χ2n) is 4.00. The van der Waals surface area contributed by atoms with Crippen molar-refractivity contribution in [2.75, 3.05) is 25.0 Å². The number of nitrogens with zero attached hydrogens (tertiary/aromatic N) is 1. The van der Waals surface area contributed by atoms with Gasteiger partial charge in [-0.1, -0.05) is 28.9 Å². The highest BCUT2D eigenvalue weighted by Crippen LogP contribution is 2.28. The van der Waals surface area contributed by atoms with Crippen LogP contribution in [-0.4, -0.2) is 20.1 Å². The van der Waals surface area contributed by atoms with E-state index in [2.05, 4.69) is 72.2 Å². The van der Waals surface area contributed by atoms with Crippen molar-refractivity contribution < 1.29 is 0 Å². The van der Waals surface area contributed by atoms with Crippen molar-refractivity contribution in [1.82, 2.24) is 5.32 Å². The molecule has 90 valence electrons. The molecular formula is C13H21BrN2. The lowest BCUT2D eigenvalue weighted by Crippen LogP contribution is -2.23. The van der Waals surface area contributed by atoms with Crippen molar-refractivity contribution >= 4 is 21.6 Å². The standard InChI is InChI=1S/C13H21BrN2/c1-5-15-10(3)12-8-7-11(14)9-13(12)16(4)6-2/h7-10,15H,5-6H2,1-4H3. The zero-order valence-corrected chi connectivity index (χ0v) is 12.1. The van der Waals surface area contributed by atoms with Crippen LogP contribution >= 0.6 is 15.9 Å². The van der Waals surface area contributed by atoms with Crippen LogP contribution in [0.4, 0.5) is 5.69 Å². The fourth-order valence-electron chi connectivity index (χ4n) is 1.80. The predicted molar refractivity (Wildman–Crippen MR) is 75.2 cm³/mol. The zero-order chi connectivity index (χ0) is 12.1. The van der Waals surface area contributed by atoms with Gasteiger partial charge in [-0.05, 0) is 38.1 Å². The van der Waals surface area contributed by atoms with E-state index in [0.717, 1.165) is 17.6 Å². The zero-order valence-electron chi connectivity index (χ0n) is 10.5. The second-order valence-corrected chi connectivity index (χ2v) is 4.91. The summed E-state index contributed by atoms with van der Waals surface area (Å²) in [5.74, 6) is 0. The Labute approximate surface area is 107 Å². The minimum atomic E-state index is 0.391. The molecule has 0 aliphatic carbocycles. The first kappa shape index (κ1) is 13.5. The molecule has 1 unspecified atom stereocenters. The highest BCUT2D eigenvalue weighted by Gasteiger charge is 2.12. The van der Waals surface area contributed by atoms with Gasteiger partial charge in [-0.2, -0.15) is 0 Å². The molecule has 0 radical (unpaired) electrons. The van der Waals surface area contributed by atoms with E-state index in [1.54, 1.807) is 0 Å². The van der Waals surface area contributed by atoms with Gasteiger partial charge in [-0.3, -0.25) is 0 Å². The van der Waals surface area contributed by atoms with Gasteiger partial charge >= 0.3 is 0 Å². The normalized spacial score (nSPS) is 12.6. The van der Waals surface area contributed by atoms with Crippen LogP contribution in [0.2, 0.25) is 0 Å². The van der Waals surface area contributed by atoms with Gasteiger partial charge in [0.05, 0.1) is 0 Å². The smallest absolute Gasteiger partial charge is 0.0423 e. The quantitative estimate of drug-likeness (QED) is 0.889. The van der Waals surface area contributed by atoms with E-state index < -0.39 is 0 Å². The first-order valence-corrected chi connectivity index (χ1v) is 6.63. The molecule has 0 fully saturated rings. The molecule has 0 spiro atoms. The summed E-state index contributed by atoms with van der Waals surface area (Å²) in [4.78, 5) is 2.27. The second kappa shape index (κ2) is 6.26. The maximum Gasteiger partial charge on any atom is 0.0423 e. The van der Waals surface area contributed by atoms with Crippen molar-refractivity contribution in [2.24, 2.45) is 0 Å². The van der Waals surface area contributed by atoms with Crippen LogP contribution in [0.5, 0.6) is 0 Å². The molecule has 1 aromatic carbocycles. The number of benzene rings is 1. The minimum absolute atomic E-state index is 0.391. The van der Waals surface area contributed by atoms with Crippen molar-refractivity contribution in [1.29, 1.82) is 0 Å². The molecule has 0 saturated heterocycles. The van der Waals surface area contributed by atoms with Crippen LogP contribution in [-0.2, 0) is 0 Å². The van der Waals surface area contributed by atoms with Gasteiger partial charge in [0.1, 0.15) is 0 Å². The monoisotopic (exact) mass is 284 g/mol. The molecular weight excluding hydrogens is 264 g/mol. The van der Waals surface area contributed by atoms with Crippen molar-refractivity contribution in [3.63, 3.8) is 0 Å². The molecule has 16 heavy (non-hydrogen) atoms. The maximum atomic E-state index is 3.53. The number of halogens is 1. The van der Waals surface area contributed by atoms with Crippen molar-refractivity contribution in [2.45, 2.75) is 26.8 Å². The Balaban J connectivity index is 3.06. The van der Waals surface area contributed by atoms with E-state index in [4.69, 9.17) is 0 Å². The number of hydrogen-bond donors (Lipinski definition) is 1. The Hall–Kier alpha value is -0.540. The summed E-state index contributed by atoms with van der Waals surface area (Å²) < 4.78 is 1.13. The summed E-state index contributed by atoms with van der Waals surface area (Å²) in [6.45, 7) is 8.52. The Kier molecular flexibility index (Phi) is 5.29. The summed E-state index contributed by atoms with van der Waals surface area (Å²) in [5, 5.41) is 3.46. The van der Waals surface area contributed by atoms with Crippen LogP contribution in [0.15, 0.2) is 22.7 Å². The summed E-state index contributed by atoms with van der Waals surface area (Å²) in [6, 6.07) is 6.88. The first-order valence-electron chi connectivity index (χ1n) is 5.84. The molecule has 3 heteroatoms. The number of anilines is 1. The third-order valence-electron chi connectivity index (χ3n) is 2.85. The molecule has 0 saturated carbocycles. The van der Waals surface area contributed by atoms with Crippen LogP contribution in [0, 0.1) is 0 Å². The van der Waals surface area contributed by atoms with E-state index in [0.29, 0.717) is 6.04 Å². The van der Waals surface area contributed by atoms with Crippen molar-refractivity contribution in [3.8, 4) is 0 Å². The van der Waals surface area contributed by atoms with Gasteiger partial charge in [0.25, 0.3) is 0 Å². The molecule has 1 atom stereocenters. The van der Waals surface area contributed by atoms with Crippen LogP contribution in [0.1, 0.15) is 32.4 Å². The largest absolute Gasteiger partial charge is 0.375 e. The third-order valence-corrected chi connectivity index (χ3v) is 3.35. The molecule has 1 N–H and O–H groups in total. The van der Waals surface area contributed by atoms with Gasteiger partial charge < -0.3 is 10.2 Å². The van der Waals surface area contributed by atoms with Crippen molar-refractivity contribution in [3.05, 3.63) is 28.2 Å². The van der Waals surface area contributed by atoms with Crippen LogP contribution < -0.4 is 10.2 Å². The third kappa shape index (κ3) is 3.22. The fourth-order valence-corrected chi connectivity index (χ4v) is 2.15. The lowest BCUT2D eigenvalue weighted by atomic mass is 10.1. The molecule has 0 bridgehead atoms. The van der Waals surface area contributed by atoms with Gasteiger partial charge in [0.15, 0.2) is 0 Å². The highest BCUT2D eigenvalue weighted by atomic mass is 79.9. The Morgan fingerprint density at radius 3 is 2.62 bits per heavy atom. The lowest BCUT2D eigenvalue weighted by molar-refractivity contribution is 0.597. The van der Waals surface area contributed by atoms with E-state index in [1.807, 2.05) is 0 Å². The highest BCUT2D eigenvalue weighted by molar-refractivity contribution is 9.10. The van der Waals surface area contributed by atoms with Gasteiger partial charge in [0.2, 0.25) is 0 Å². The van der Waals surface area contributed by atoms with E-state index in [9.17, 15) is 0 Å². The lowest BCUT2D eigenvalue weighted by Gasteiger charge is -2.24. The molecule has 0 aromatic heterocycles. The molecule has 0 aliphatic heterocycles. The predicted octanol–water partition coefficient (Wildman–Crippen LogP) is 3.58. The maximum absolute atomic E-state index is 3.53. The number of rotatable bonds is 5. The van der Waals surface area contributed by atoms with E-state index in [-0.39, 0.29) is 0 Å². The minimum Gasteiger partial charge on any atom is -0.375 e. The number of nitrogens with one attached hydrogen (secondary N) is 1. The van der Waals surface area contributed by atoms with Gasteiger partial charge in [-0.25, -0.2) is 0 Å². The summed E-state index contributed by atoms with van der Waals surface area (Å²) in [7, 11) is 2.13. The molecule has 1 aromatic rings. The summed E-state index contributed by atoms with van der Waals surface area (Å²) >= 11 is 3.53. The van der Waals surface area contributed by atoms with E-state index >= 15 is 0 Å². The SMILES string of the molecule is CCNC(C)c1ccc(Br)cc1N(C)CC.